The molecule has 0 saturated carbocycles. The number of hydrogen-bond acceptors (Lipinski definition) is 0. The van der Waals surface area contributed by atoms with Gasteiger partial charge < -0.3 is 0 Å². The fourth-order valence-corrected chi connectivity index (χ4v) is 4.43. The van der Waals surface area contributed by atoms with Crippen LogP contribution in [0.4, 0.5) is 4.39 Å². The van der Waals surface area contributed by atoms with Crippen LogP contribution >= 0.6 is 0 Å². The van der Waals surface area contributed by atoms with E-state index < -0.39 is 0 Å². The second-order valence-electron chi connectivity index (χ2n) is 8.16. The largest absolute Gasteiger partial charge is 0.207 e. The third-order valence-electron chi connectivity index (χ3n) is 5.75. The van der Waals surface area contributed by atoms with Crippen LogP contribution in [0.1, 0.15) is 44.9 Å². The lowest BCUT2D eigenvalue weighted by Crippen LogP contribution is -2.03. The van der Waals surface area contributed by atoms with Crippen molar-refractivity contribution in [2.75, 3.05) is 0 Å². The molecule has 0 aliphatic carbocycles. The predicted octanol–water partition coefficient (Wildman–Crippen LogP) is 8.01. The van der Waals surface area contributed by atoms with Gasteiger partial charge in [0.25, 0.3) is 0 Å². The fraction of sp³-hybridized carbons (Fsp3) is 0.133. The number of allylic oxidation sites excluding steroid dienone is 1. The monoisotopic (exact) mass is 406 g/mol. The summed E-state index contributed by atoms with van der Waals surface area (Å²) in [4.78, 5) is 0. The van der Waals surface area contributed by atoms with Gasteiger partial charge in [-0.05, 0) is 71.9 Å². The molecule has 154 valence electrons. The summed E-state index contributed by atoms with van der Waals surface area (Å²) >= 11 is 0. The molecule has 0 radical (unpaired) electrons. The molecule has 0 nitrogen and oxygen atoms in total. The summed E-state index contributed by atoms with van der Waals surface area (Å²) in [5.41, 5.74) is 9.54. The van der Waals surface area contributed by atoms with Crippen LogP contribution in [-0.4, -0.2) is 0 Å². The van der Waals surface area contributed by atoms with Gasteiger partial charge in [-0.15, -0.1) is 0 Å². The summed E-state index contributed by atoms with van der Waals surface area (Å²) in [7, 11) is 0. The molecule has 0 aromatic heterocycles. The van der Waals surface area contributed by atoms with E-state index in [-0.39, 0.29) is 11.7 Å². The molecular formula is C30H27F. The van der Waals surface area contributed by atoms with Gasteiger partial charge in [0, 0.05) is 5.92 Å². The lowest BCUT2D eigenvalue weighted by Gasteiger charge is -2.20. The van der Waals surface area contributed by atoms with Crippen molar-refractivity contribution in [3.8, 4) is 0 Å². The van der Waals surface area contributed by atoms with E-state index >= 15 is 0 Å². The summed E-state index contributed by atoms with van der Waals surface area (Å²) in [6.07, 6.45) is 2.34. The van der Waals surface area contributed by atoms with E-state index in [9.17, 15) is 4.39 Å². The first-order chi connectivity index (χ1) is 15.0. The van der Waals surface area contributed by atoms with Crippen LogP contribution in [0.25, 0.3) is 5.57 Å². The Hall–Kier alpha value is -3.45. The maximum Gasteiger partial charge on any atom is 0.123 e. The minimum atomic E-state index is -0.219. The first-order valence-electron chi connectivity index (χ1n) is 10.7. The Morgan fingerprint density at radius 2 is 1.16 bits per heavy atom. The van der Waals surface area contributed by atoms with Crippen molar-refractivity contribution < 1.29 is 4.39 Å². The highest BCUT2D eigenvalue weighted by atomic mass is 19.1. The van der Waals surface area contributed by atoms with Gasteiger partial charge in [-0.3, -0.25) is 0 Å². The maximum absolute atomic E-state index is 13.7. The molecule has 0 aliphatic rings. The highest BCUT2D eigenvalue weighted by Crippen LogP contribution is 2.35. The molecule has 0 atom stereocenters. The smallest absolute Gasteiger partial charge is 0.123 e. The normalized spacial score (nSPS) is 11.7. The third kappa shape index (κ3) is 4.67. The number of rotatable bonds is 5. The zero-order valence-corrected chi connectivity index (χ0v) is 18.3. The first-order valence-corrected chi connectivity index (χ1v) is 10.7. The molecule has 0 heterocycles. The average molecular weight is 407 g/mol. The molecule has 0 bridgehead atoms. The van der Waals surface area contributed by atoms with Crippen LogP contribution in [0, 0.1) is 26.6 Å². The summed E-state index contributed by atoms with van der Waals surface area (Å²) in [5.74, 6) is -0.134. The quantitative estimate of drug-likeness (QED) is 0.315. The van der Waals surface area contributed by atoms with Gasteiger partial charge in [-0.2, -0.15) is 0 Å². The van der Waals surface area contributed by atoms with E-state index in [0.717, 1.165) is 11.1 Å². The van der Waals surface area contributed by atoms with Crippen LogP contribution < -0.4 is 0 Å². The van der Waals surface area contributed by atoms with E-state index in [0.29, 0.717) is 0 Å². The Labute approximate surface area is 184 Å². The molecule has 0 unspecified atom stereocenters. The number of benzene rings is 4. The maximum atomic E-state index is 13.7. The topological polar surface area (TPSA) is 0 Å². The highest BCUT2D eigenvalue weighted by molar-refractivity contribution is 5.84. The molecule has 4 rings (SSSR count). The Morgan fingerprint density at radius 1 is 0.677 bits per heavy atom. The Bertz CT molecular complexity index is 1120. The van der Waals surface area contributed by atoms with Crippen LogP contribution in [0.5, 0.6) is 0 Å². The number of hydrogen-bond donors (Lipinski definition) is 0. The SMILES string of the molecule is Cc1cc(C)c(/C(=C/C(c2ccccc2)c2ccccc2)c2ccc(F)cc2)c(C)c1. The minimum absolute atomic E-state index is 0.0857. The standard InChI is InChI=1S/C30H27F/c1-21-18-22(2)30(23(3)19-21)29(26-14-16-27(31)17-15-26)20-28(24-10-6-4-7-11-24)25-12-8-5-9-13-25/h4-20,28H,1-3H3/b29-20+. The fourth-order valence-electron chi connectivity index (χ4n) is 4.43. The predicted molar refractivity (Wildman–Crippen MR) is 129 cm³/mol. The van der Waals surface area contributed by atoms with Crippen molar-refractivity contribution in [3.63, 3.8) is 0 Å². The van der Waals surface area contributed by atoms with Crippen LogP contribution in [0.3, 0.4) is 0 Å². The number of halogens is 1. The van der Waals surface area contributed by atoms with Gasteiger partial charge in [0.2, 0.25) is 0 Å². The van der Waals surface area contributed by atoms with Crippen LogP contribution in [0.2, 0.25) is 0 Å². The molecule has 4 aromatic carbocycles. The van der Waals surface area contributed by atoms with Crippen molar-refractivity contribution in [2.45, 2.75) is 26.7 Å². The molecule has 0 saturated heterocycles. The van der Waals surface area contributed by atoms with Crippen molar-refractivity contribution in [2.24, 2.45) is 0 Å². The van der Waals surface area contributed by atoms with Gasteiger partial charge in [-0.25, -0.2) is 4.39 Å². The Morgan fingerprint density at radius 3 is 1.65 bits per heavy atom. The molecule has 4 aromatic rings. The lowest BCUT2D eigenvalue weighted by molar-refractivity contribution is 0.627. The molecule has 0 spiro atoms. The van der Waals surface area contributed by atoms with E-state index in [1.165, 1.54) is 33.4 Å². The summed E-state index contributed by atoms with van der Waals surface area (Å²) in [6.45, 7) is 6.45. The molecule has 1 heteroatoms. The Balaban J connectivity index is 1.98. The van der Waals surface area contributed by atoms with Crippen molar-refractivity contribution in [1.29, 1.82) is 0 Å². The van der Waals surface area contributed by atoms with E-state index in [4.69, 9.17) is 0 Å². The molecule has 0 aliphatic heterocycles. The molecule has 0 fully saturated rings. The summed E-state index contributed by atoms with van der Waals surface area (Å²) < 4.78 is 13.7. The van der Waals surface area contributed by atoms with Crippen LogP contribution in [-0.2, 0) is 0 Å². The van der Waals surface area contributed by atoms with Crippen molar-refractivity contribution >= 4 is 5.57 Å². The van der Waals surface area contributed by atoms with E-state index in [1.807, 2.05) is 24.3 Å². The van der Waals surface area contributed by atoms with Gasteiger partial charge in [0.05, 0.1) is 0 Å². The second-order valence-corrected chi connectivity index (χ2v) is 8.16. The zero-order chi connectivity index (χ0) is 21.8. The van der Waals surface area contributed by atoms with E-state index in [1.54, 1.807) is 12.1 Å². The minimum Gasteiger partial charge on any atom is -0.207 e. The van der Waals surface area contributed by atoms with Gasteiger partial charge in [-0.1, -0.05) is 96.6 Å². The molecule has 0 amide bonds. The number of aryl methyl sites for hydroxylation is 3. The van der Waals surface area contributed by atoms with Gasteiger partial charge in [0.1, 0.15) is 5.82 Å². The van der Waals surface area contributed by atoms with Gasteiger partial charge >= 0.3 is 0 Å². The first kappa shape index (κ1) is 20.8. The molecular weight excluding hydrogens is 379 g/mol. The van der Waals surface area contributed by atoms with E-state index in [2.05, 4.69) is 87.5 Å². The summed E-state index contributed by atoms with van der Waals surface area (Å²) in [5, 5.41) is 0. The van der Waals surface area contributed by atoms with Crippen molar-refractivity contribution in [3.05, 3.63) is 148 Å². The third-order valence-corrected chi connectivity index (χ3v) is 5.75. The second kappa shape index (κ2) is 9.14. The van der Waals surface area contributed by atoms with Crippen LogP contribution in [0.15, 0.2) is 103 Å². The zero-order valence-electron chi connectivity index (χ0n) is 18.3. The van der Waals surface area contributed by atoms with Crippen molar-refractivity contribution in [1.82, 2.24) is 0 Å². The molecule has 0 N–H and O–H groups in total. The average Bonchev–Trinajstić information content (AvgIpc) is 2.77. The lowest BCUT2D eigenvalue weighted by atomic mass is 9.83. The van der Waals surface area contributed by atoms with Gasteiger partial charge in [0.15, 0.2) is 0 Å². The molecule has 31 heavy (non-hydrogen) atoms. The highest BCUT2D eigenvalue weighted by Gasteiger charge is 2.17. The summed E-state index contributed by atoms with van der Waals surface area (Å²) in [6, 6.07) is 32.4. The Kier molecular flexibility index (Phi) is 6.13.